The monoisotopic (exact) mass is 397 g/mol. The van der Waals surface area contributed by atoms with E-state index in [2.05, 4.69) is 5.32 Å². The SMILES string of the molecule is CCOc1ccc(C(=O)OCC(=O)N[C@H](C)c2cc3ccccc3o2)cc1OC. The van der Waals surface area contributed by atoms with Crippen LogP contribution >= 0.6 is 0 Å². The predicted molar refractivity (Wildman–Crippen MR) is 107 cm³/mol. The molecule has 1 aromatic heterocycles. The lowest BCUT2D eigenvalue weighted by Gasteiger charge is -2.12. The van der Waals surface area contributed by atoms with Crippen LogP contribution in [0, 0.1) is 0 Å². The highest BCUT2D eigenvalue weighted by molar-refractivity contribution is 5.92. The quantitative estimate of drug-likeness (QED) is 0.581. The van der Waals surface area contributed by atoms with Crippen LogP contribution in [0.15, 0.2) is 52.9 Å². The van der Waals surface area contributed by atoms with Crippen molar-refractivity contribution < 1.29 is 28.2 Å². The minimum atomic E-state index is -0.627. The van der Waals surface area contributed by atoms with E-state index in [1.165, 1.54) is 13.2 Å². The molecule has 0 saturated heterocycles. The highest BCUT2D eigenvalue weighted by Crippen LogP contribution is 2.28. The van der Waals surface area contributed by atoms with Gasteiger partial charge in [-0.1, -0.05) is 18.2 Å². The number of carbonyl (C=O) groups excluding carboxylic acids is 2. The van der Waals surface area contributed by atoms with Crippen molar-refractivity contribution in [1.29, 1.82) is 0 Å². The van der Waals surface area contributed by atoms with E-state index in [1.54, 1.807) is 19.1 Å². The van der Waals surface area contributed by atoms with E-state index < -0.39 is 18.5 Å². The van der Waals surface area contributed by atoms with Crippen LogP contribution in [0.3, 0.4) is 0 Å². The molecule has 1 N–H and O–H groups in total. The van der Waals surface area contributed by atoms with Crippen molar-refractivity contribution in [1.82, 2.24) is 5.32 Å². The highest BCUT2D eigenvalue weighted by Gasteiger charge is 2.17. The third kappa shape index (κ3) is 4.87. The van der Waals surface area contributed by atoms with E-state index in [0.717, 1.165) is 11.0 Å². The first-order valence-corrected chi connectivity index (χ1v) is 9.27. The Morgan fingerprint density at radius 2 is 1.90 bits per heavy atom. The lowest BCUT2D eigenvalue weighted by Crippen LogP contribution is -2.31. The Morgan fingerprint density at radius 1 is 1.10 bits per heavy atom. The molecular formula is C22H23NO6. The van der Waals surface area contributed by atoms with Gasteiger partial charge in [0.25, 0.3) is 5.91 Å². The van der Waals surface area contributed by atoms with Gasteiger partial charge in [0.05, 0.1) is 25.3 Å². The lowest BCUT2D eigenvalue weighted by atomic mass is 10.2. The van der Waals surface area contributed by atoms with Crippen LogP contribution in [0.5, 0.6) is 11.5 Å². The molecule has 1 heterocycles. The van der Waals surface area contributed by atoms with Crippen molar-refractivity contribution in [3.63, 3.8) is 0 Å². The summed E-state index contributed by atoms with van der Waals surface area (Å²) in [6.45, 7) is 3.73. The highest BCUT2D eigenvalue weighted by atomic mass is 16.5. The molecule has 0 aliphatic heterocycles. The molecule has 0 radical (unpaired) electrons. The summed E-state index contributed by atoms with van der Waals surface area (Å²) >= 11 is 0. The Balaban J connectivity index is 1.56. The summed E-state index contributed by atoms with van der Waals surface area (Å²) in [7, 11) is 1.49. The van der Waals surface area contributed by atoms with Gasteiger partial charge >= 0.3 is 5.97 Å². The van der Waals surface area contributed by atoms with Crippen LogP contribution in [-0.2, 0) is 9.53 Å². The van der Waals surface area contributed by atoms with Gasteiger partial charge in [0.2, 0.25) is 0 Å². The molecule has 0 bridgehead atoms. The van der Waals surface area contributed by atoms with Crippen molar-refractivity contribution in [2.24, 2.45) is 0 Å². The molecule has 0 spiro atoms. The zero-order chi connectivity index (χ0) is 20.8. The van der Waals surface area contributed by atoms with Crippen molar-refractivity contribution >= 4 is 22.8 Å². The van der Waals surface area contributed by atoms with Gasteiger partial charge in [-0.05, 0) is 44.2 Å². The standard InChI is InChI=1S/C22H23NO6/c1-4-27-18-10-9-16(12-20(18)26-3)22(25)28-13-21(24)23-14(2)19-11-15-7-5-6-8-17(15)29-19/h5-12,14H,4,13H2,1-3H3,(H,23,24)/t14-/m1/s1. The third-order valence-corrected chi connectivity index (χ3v) is 4.28. The molecule has 7 heteroatoms. The average Bonchev–Trinajstić information content (AvgIpc) is 3.17. The molecule has 1 amide bonds. The molecular weight excluding hydrogens is 374 g/mol. The third-order valence-electron chi connectivity index (χ3n) is 4.28. The normalized spacial score (nSPS) is 11.7. The molecule has 0 aliphatic rings. The number of rotatable bonds is 8. The fraction of sp³-hybridized carbons (Fsp3) is 0.273. The van der Waals surface area contributed by atoms with Gasteiger partial charge < -0.3 is 23.9 Å². The van der Waals surface area contributed by atoms with Gasteiger partial charge in [-0.25, -0.2) is 4.79 Å². The first-order chi connectivity index (χ1) is 14.0. The molecule has 7 nitrogen and oxygen atoms in total. The number of benzene rings is 2. The molecule has 29 heavy (non-hydrogen) atoms. The van der Waals surface area contributed by atoms with Crippen LogP contribution in [0.1, 0.15) is 36.0 Å². The van der Waals surface area contributed by atoms with Crippen molar-refractivity contribution in [3.8, 4) is 11.5 Å². The topological polar surface area (TPSA) is 87.0 Å². The molecule has 0 aliphatic carbocycles. The Bertz CT molecular complexity index is 976. The van der Waals surface area contributed by atoms with Crippen LogP contribution in [0.4, 0.5) is 0 Å². The molecule has 0 fully saturated rings. The van der Waals surface area contributed by atoms with Gasteiger partial charge in [0, 0.05) is 5.39 Å². The number of methoxy groups -OCH3 is 1. The van der Waals surface area contributed by atoms with E-state index in [-0.39, 0.29) is 11.6 Å². The molecule has 152 valence electrons. The fourth-order valence-electron chi connectivity index (χ4n) is 2.85. The first-order valence-electron chi connectivity index (χ1n) is 9.27. The Morgan fingerprint density at radius 3 is 2.62 bits per heavy atom. The van der Waals surface area contributed by atoms with Crippen LogP contribution in [-0.4, -0.2) is 32.2 Å². The second kappa shape index (κ2) is 9.14. The Kier molecular flexibility index (Phi) is 6.39. The van der Waals surface area contributed by atoms with Crippen molar-refractivity contribution in [2.75, 3.05) is 20.3 Å². The van der Waals surface area contributed by atoms with E-state index in [1.807, 2.05) is 37.3 Å². The van der Waals surface area contributed by atoms with E-state index >= 15 is 0 Å². The van der Waals surface area contributed by atoms with Gasteiger partial charge in [0.15, 0.2) is 18.1 Å². The Hall–Kier alpha value is -3.48. The number of hydrogen-bond donors (Lipinski definition) is 1. The average molecular weight is 397 g/mol. The molecule has 2 aromatic carbocycles. The summed E-state index contributed by atoms with van der Waals surface area (Å²) in [5, 5.41) is 3.72. The summed E-state index contributed by atoms with van der Waals surface area (Å²) in [4.78, 5) is 24.4. The first kappa shape index (κ1) is 20.3. The van der Waals surface area contributed by atoms with Crippen molar-refractivity contribution in [2.45, 2.75) is 19.9 Å². The van der Waals surface area contributed by atoms with E-state index in [4.69, 9.17) is 18.6 Å². The number of amides is 1. The summed E-state index contributed by atoms with van der Waals surface area (Å²) in [5.74, 6) is 0.525. The maximum absolute atomic E-state index is 12.2. The number of para-hydroxylation sites is 1. The molecule has 0 saturated carbocycles. The van der Waals surface area contributed by atoms with Crippen LogP contribution in [0.2, 0.25) is 0 Å². The summed E-state index contributed by atoms with van der Waals surface area (Å²) < 4.78 is 21.5. The summed E-state index contributed by atoms with van der Waals surface area (Å²) in [6.07, 6.45) is 0. The maximum Gasteiger partial charge on any atom is 0.338 e. The second-order valence-corrected chi connectivity index (χ2v) is 6.35. The Labute approximate surface area is 168 Å². The van der Waals surface area contributed by atoms with E-state index in [0.29, 0.717) is 23.9 Å². The number of fused-ring (bicyclic) bond motifs is 1. The minimum absolute atomic E-state index is 0.267. The number of furan rings is 1. The summed E-state index contributed by atoms with van der Waals surface area (Å²) in [6, 6.07) is 13.8. The zero-order valence-corrected chi connectivity index (χ0v) is 16.6. The molecule has 3 rings (SSSR count). The molecule has 3 aromatic rings. The van der Waals surface area contributed by atoms with Gasteiger partial charge in [0.1, 0.15) is 11.3 Å². The second-order valence-electron chi connectivity index (χ2n) is 6.35. The largest absolute Gasteiger partial charge is 0.493 e. The predicted octanol–water partition coefficient (Wildman–Crippen LogP) is 3.87. The zero-order valence-electron chi connectivity index (χ0n) is 16.6. The number of hydrogen-bond acceptors (Lipinski definition) is 6. The van der Waals surface area contributed by atoms with Gasteiger partial charge in [-0.15, -0.1) is 0 Å². The lowest BCUT2D eigenvalue weighted by molar-refractivity contribution is -0.125. The number of ether oxygens (including phenoxy) is 3. The number of carbonyl (C=O) groups is 2. The van der Waals surface area contributed by atoms with Crippen molar-refractivity contribution in [3.05, 3.63) is 59.9 Å². The fourth-order valence-corrected chi connectivity index (χ4v) is 2.85. The summed E-state index contributed by atoms with van der Waals surface area (Å²) in [5.41, 5.74) is 1.02. The smallest absolute Gasteiger partial charge is 0.338 e. The van der Waals surface area contributed by atoms with E-state index in [9.17, 15) is 9.59 Å². The van der Waals surface area contributed by atoms with Gasteiger partial charge in [-0.2, -0.15) is 0 Å². The molecule has 0 unspecified atom stereocenters. The van der Waals surface area contributed by atoms with Crippen LogP contribution in [0.25, 0.3) is 11.0 Å². The van der Waals surface area contributed by atoms with Crippen LogP contribution < -0.4 is 14.8 Å². The minimum Gasteiger partial charge on any atom is -0.493 e. The molecule has 1 atom stereocenters. The van der Waals surface area contributed by atoms with Gasteiger partial charge in [-0.3, -0.25) is 4.79 Å². The maximum atomic E-state index is 12.2. The number of nitrogens with one attached hydrogen (secondary N) is 1. The number of esters is 1.